The third-order valence-electron chi connectivity index (χ3n) is 7.02. The number of hydrogen-bond acceptors (Lipinski definition) is 6. The molecule has 204 valence electrons. The van der Waals surface area contributed by atoms with Crippen molar-refractivity contribution in [1.82, 2.24) is 24.8 Å². The van der Waals surface area contributed by atoms with Crippen LogP contribution in [0.15, 0.2) is 102 Å². The van der Waals surface area contributed by atoms with Gasteiger partial charge in [-0.3, -0.25) is 24.1 Å². The Balaban J connectivity index is 1.48. The monoisotopic (exact) mass is 550 g/mol. The van der Waals surface area contributed by atoms with Crippen molar-refractivity contribution in [3.8, 4) is 17.5 Å². The zero-order chi connectivity index (χ0) is 29.2. The summed E-state index contributed by atoms with van der Waals surface area (Å²) in [5, 5.41) is 4.96. The van der Waals surface area contributed by atoms with Crippen LogP contribution < -0.4 is 16.6 Å². The van der Waals surface area contributed by atoms with E-state index in [9.17, 15) is 9.59 Å². The van der Waals surface area contributed by atoms with Gasteiger partial charge in [0.2, 0.25) is 0 Å². The van der Waals surface area contributed by atoms with Gasteiger partial charge in [-0.25, -0.2) is 4.98 Å². The number of benzene rings is 2. The van der Waals surface area contributed by atoms with Gasteiger partial charge >= 0.3 is 0 Å². The van der Waals surface area contributed by atoms with Crippen LogP contribution in [0.1, 0.15) is 45.7 Å². The standard InChI is InChI=1S/C34H26N6O2/c1-21-17-26-20-38-32(35)30(31(26)37-19-21)33(41)39-22(2)28-18-25-8-6-7-24(12-11-23-13-15-36-16-14-23)29(25)34(42)40(28)27-9-4-3-5-10-27/h3-10,13-20,22H,1-2H3,(H2,35,38)(H,39,41). The molecule has 8 nitrogen and oxygen atoms in total. The van der Waals surface area contributed by atoms with Crippen LogP contribution in [0.4, 0.5) is 5.82 Å². The Morgan fingerprint density at radius 3 is 2.50 bits per heavy atom. The van der Waals surface area contributed by atoms with Crippen molar-refractivity contribution in [3.05, 3.63) is 136 Å². The maximum Gasteiger partial charge on any atom is 0.264 e. The van der Waals surface area contributed by atoms with E-state index < -0.39 is 11.9 Å². The lowest BCUT2D eigenvalue weighted by Gasteiger charge is -2.21. The molecular weight excluding hydrogens is 524 g/mol. The number of aromatic nitrogens is 4. The Morgan fingerprint density at radius 2 is 1.71 bits per heavy atom. The third-order valence-corrected chi connectivity index (χ3v) is 7.02. The van der Waals surface area contributed by atoms with E-state index >= 15 is 0 Å². The lowest BCUT2D eigenvalue weighted by Crippen LogP contribution is -2.33. The van der Waals surface area contributed by atoms with Crippen LogP contribution in [0, 0.1) is 18.8 Å². The van der Waals surface area contributed by atoms with Crippen molar-refractivity contribution in [2.75, 3.05) is 5.73 Å². The number of fused-ring (bicyclic) bond motifs is 2. The molecule has 4 aromatic heterocycles. The molecule has 0 saturated carbocycles. The van der Waals surface area contributed by atoms with Gasteiger partial charge in [0.05, 0.1) is 16.9 Å². The molecule has 2 aromatic carbocycles. The second-order valence-electron chi connectivity index (χ2n) is 9.97. The highest BCUT2D eigenvalue weighted by Gasteiger charge is 2.23. The molecule has 0 aliphatic rings. The molecular formula is C34H26N6O2. The molecule has 4 heterocycles. The van der Waals surface area contributed by atoms with Gasteiger partial charge < -0.3 is 11.1 Å². The van der Waals surface area contributed by atoms with Crippen molar-refractivity contribution < 1.29 is 4.79 Å². The number of nitrogens with zero attached hydrogens (tertiary/aromatic N) is 4. The number of para-hydroxylation sites is 1. The summed E-state index contributed by atoms with van der Waals surface area (Å²) >= 11 is 0. The minimum Gasteiger partial charge on any atom is -0.383 e. The number of pyridine rings is 4. The highest BCUT2D eigenvalue weighted by Crippen LogP contribution is 2.25. The highest BCUT2D eigenvalue weighted by atomic mass is 16.2. The summed E-state index contributed by atoms with van der Waals surface area (Å²) in [6.45, 7) is 3.75. The molecule has 1 amide bonds. The summed E-state index contributed by atoms with van der Waals surface area (Å²) in [5.41, 5.74) is 10.2. The van der Waals surface area contributed by atoms with Crippen molar-refractivity contribution in [2.45, 2.75) is 19.9 Å². The molecule has 0 spiro atoms. The Morgan fingerprint density at radius 1 is 0.929 bits per heavy atom. The lowest BCUT2D eigenvalue weighted by molar-refractivity contribution is 0.0941. The number of hydrogen-bond donors (Lipinski definition) is 2. The van der Waals surface area contributed by atoms with Crippen molar-refractivity contribution in [2.24, 2.45) is 0 Å². The van der Waals surface area contributed by atoms with Crippen LogP contribution in [-0.4, -0.2) is 25.4 Å². The van der Waals surface area contributed by atoms with Crippen LogP contribution in [0.5, 0.6) is 0 Å². The molecule has 42 heavy (non-hydrogen) atoms. The highest BCUT2D eigenvalue weighted by molar-refractivity contribution is 6.09. The Bertz CT molecular complexity index is 2090. The van der Waals surface area contributed by atoms with Gasteiger partial charge in [0, 0.05) is 52.7 Å². The molecule has 6 aromatic rings. The number of nitrogens with one attached hydrogen (secondary N) is 1. The van der Waals surface area contributed by atoms with E-state index in [1.807, 2.05) is 86.6 Å². The van der Waals surface area contributed by atoms with Gasteiger partial charge in [0.1, 0.15) is 11.4 Å². The van der Waals surface area contributed by atoms with Crippen LogP contribution in [0.3, 0.4) is 0 Å². The quantitative estimate of drug-likeness (QED) is 0.295. The fourth-order valence-electron chi connectivity index (χ4n) is 5.01. The second-order valence-corrected chi connectivity index (χ2v) is 9.97. The first-order chi connectivity index (χ1) is 20.4. The summed E-state index contributed by atoms with van der Waals surface area (Å²) in [5.74, 6) is 5.94. The van der Waals surface area contributed by atoms with Crippen LogP contribution in [0.2, 0.25) is 0 Å². The van der Waals surface area contributed by atoms with Gasteiger partial charge in [0.25, 0.3) is 11.5 Å². The zero-order valence-electron chi connectivity index (χ0n) is 23.0. The predicted octanol–water partition coefficient (Wildman–Crippen LogP) is 5.11. The van der Waals surface area contributed by atoms with E-state index in [1.165, 1.54) is 0 Å². The molecule has 0 saturated heterocycles. The minimum atomic E-state index is -0.582. The zero-order valence-corrected chi connectivity index (χ0v) is 23.0. The van der Waals surface area contributed by atoms with E-state index in [0.717, 1.165) is 11.1 Å². The van der Waals surface area contributed by atoms with Gasteiger partial charge in [-0.1, -0.05) is 42.2 Å². The average Bonchev–Trinajstić information content (AvgIpc) is 3.00. The number of nitrogen functional groups attached to an aromatic ring is 1. The van der Waals surface area contributed by atoms with E-state index in [0.29, 0.717) is 38.6 Å². The summed E-state index contributed by atoms with van der Waals surface area (Å²) in [6, 6.07) is 21.8. The second kappa shape index (κ2) is 11.0. The van der Waals surface area contributed by atoms with Gasteiger partial charge in [-0.05, 0) is 67.3 Å². The number of carbonyl (C=O) groups is 1. The fraction of sp³-hybridized carbons (Fsp3) is 0.0882. The molecule has 1 atom stereocenters. The average molecular weight is 551 g/mol. The molecule has 0 fully saturated rings. The number of rotatable bonds is 4. The fourth-order valence-corrected chi connectivity index (χ4v) is 5.01. The molecule has 0 bridgehead atoms. The SMILES string of the molecule is Cc1cnc2c(C(=O)NC(C)c3cc4cccc(C#Cc5ccncc5)c4c(=O)n3-c3ccccc3)c(N)ncc2c1. The van der Waals surface area contributed by atoms with Crippen molar-refractivity contribution in [1.29, 1.82) is 0 Å². The maximum absolute atomic E-state index is 14.2. The van der Waals surface area contributed by atoms with E-state index in [2.05, 4.69) is 32.1 Å². The first-order valence-corrected chi connectivity index (χ1v) is 13.4. The number of amides is 1. The van der Waals surface area contributed by atoms with Crippen molar-refractivity contribution >= 4 is 33.4 Å². The Kier molecular flexibility index (Phi) is 6.91. The molecule has 3 N–H and O–H groups in total. The topological polar surface area (TPSA) is 116 Å². The summed E-state index contributed by atoms with van der Waals surface area (Å²) < 4.78 is 1.62. The van der Waals surface area contributed by atoms with Crippen molar-refractivity contribution in [3.63, 3.8) is 0 Å². The smallest absolute Gasteiger partial charge is 0.264 e. The maximum atomic E-state index is 14.2. The normalized spacial score (nSPS) is 11.6. The van der Waals surface area contributed by atoms with Crippen LogP contribution in [-0.2, 0) is 0 Å². The number of anilines is 1. The largest absolute Gasteiger partial charge is 0.383 e. The van der Waals surface area contributed by atoms with Crippen LogP contribution in [0.25, 0.3) is 27.4 Å². The van der Waals surface area contributed by atoms with E-state index in [-0.39, 0.29) is 16.9 Å². The van der Waals surface area contributed by atoms with E-state index in [1.54, 1.807) is 29.4 Å². The summed E-state index contributed by atoms with van der Waals surface area (Å²) in [6.07, 6.45) is 6.65. The first-order valence-electron chi connectivity index (χ1n) is 13.4. The molecule has 0 aliphatic carbocycles. The Hall–Kier alpha value is -5.81. The van der Waals surface area contributed by atoms with Gasteiger partial charge in [-0.15, -0.1) is 0 Å². The first kappa shape index (κ1) is 26.4. The molecule has 0 radical (unpaired) electrons. The minimum absolute atomic E-state index is 0.0833. The van der Waals surface area contributed by atoms with Gasteiger partial charge in [0.15, 0.2) is 0 Å². The molecule has 1 unspecified atom stereocenters. The van der Waals surface area contributed by atoms with Gasteiger partial charge in [-0.2, -0.15) is 0 Å². The predicted molar refractivity (Wildman–Crippen MR) is 164 cm³/mol. The summed E-state index contributed by atoms with van der Waals surface area (Å²) in [4.78, 5) is 40.6. The third kappa shape index (κ3) is 4.95. The van der Waals surface area contributed by atoms with Crippen LogP contribution >= 0.6 is 0 Å². The lowest BCUT2D eigenvalue weighted by atomic mass is 10.0. The molecule has 0 aliphatic heterocycles. The molecule has 8 heteroatoms. The number of aryl methyl sites for hydroxylation is 1. The number of nitrogens with two attached hydrogens (primary N) is 1. The van der Waals surface area contributed by atoms with E-state index in [4.69, 9.17) is 5.73 Å². The summed E-state index contributed by atoms with van der Waals surface area (Å²) in [7, 11) is 0. The Labute approximate surface area is 241 Å². The number of carbonyl (C=O) groups excluding carboxylic acids is 1. The molecule has 6 rings (SSSR count).